The minimum atomic E-state index is -0.527. The zero-order valence-electron chi connectivity index (χ0n) is 18.5. The second-order valence-corrected chi connectivity index (χ2v) is 8.10. The third-order valence-electron chi connectivity index (χ3n) is 6.00. The van der Waals surface area contributed by atoms with Crippen LogP contribution in [0.2, 0.25) is 0 Å². The lowest BCUT2D eigenvalue weighted by atomic mass is 9.88. The highest BCUT2D eigenvalue weighted by Gasteiger charge is 2.16. The monoisotopic (exact) mass is 438 g/mol. The molecule has 0 amide bonds. The summed E-state index contributed by atoms with van der Waals surface area (Å²) in [5.41, 5.74) is 8.33. The molecule has 0 bridgehead atoms. The summed E-state index contributed by atoms with van der Waals surface area (Å²) in [6.07, 6.45) is 0.393. The Hall–Kier alpha value is -4.56. The van der Waals surface area contributed by atoms with Gasteiger partial charge in [0.15, 0.2) is 6.29 Å². The molecule has 0 aliphatic heterocycles. The first-order valence-corrected chi connectivity index (χ1v) is 11.2. The van der Waals surface area contributed by atoms with Crippen LogP contribution >= 0.6 is 0 Å². The van der Waals surface area contributed by atoms with E-state index in [1.54, 1.807) is 0 Å². The molecule has 2 nitrogen and oxygen atoms in total. The summed E-state index contributed by atoms with van der Waals surface area (Å²) in [4.78, 5) is 24.2. The molecule has 162 valence electrons. The lowest BCUT2D eigenvalue weighted by molar-refractivity contribution is -0.104. The number of ketones is 1. The van der Waals surface area contributed by atoms with Crippen molar-refractivity contribution in [1.82, 2.24) is 0 Å². The van der Waals surface area contributed by atoms with Gasteiger partial charge in [0.25, 0.3) is 0 Å². The van der Waals surface area contributed by atoms with E-state index in [-0.39, 0.29) is 0 Å². The molecule has 0 saturated carbocycles. The van der Waals surface area contributed by atoms with Gasteiger partial charge in [-0.1, -0.05) is 115 Å². The SMILES string of the molecule is O=CC(=O)c1cc(-c2ccccc2)ccc1-c1ccc(-c2ccccc2)c(-c2ccccc2)c1. The summed E-state index contributed by atoms with van der Waals surface area (Å²) >= 11 is 0. The number of hydrogen-bond donors (Lipinski definition) is 0. The van der Waals surface area contributed by atoms with E-state index in [2.05, 4.69) is 36.4 Å². The summed E-state index contributed by atoms with van der Waals surface area (Å²) < 4.78 is 0. The maximum atomic E-state index is 12.7. The predicted molar refractivity (Wildman–Crippen MR) is 139 cm³/mol. The first kappa shape index (κ1) is 21.3. The van der Waals surface area contributed by atoms with Crippen LogP contribution in [0.3, 0.4) is 0 Å². The molecule has 0 fully saturated rings. The number of Topliss-reactive ketones (excluding diaryl/α,β-unsaturated/α-hetero) is 1. The highest BCUT2D eigenvalue weighted by atomic mass is 16.2. The van der Waals surface area contributed by atoms with Crippen LogP contribution < -0.4 is 0 Å². The van der Waals surface area contributed by atoms with Gasteiger partial charge < -0.3 is 0 Å². The largest absolute Gasteiger partial charge is 0.294 e. The molecule has 0 N–H and O–H groups in total. The van der Waals surface area contributed by atoms with Crippen molar-refractivity contribution in [1.29, 1.82) is 0 Å². The third-order valence-corrected chi connectivity index (χ3v) is 6.00. The molecule has 5 rings (SSSR count). The van der Waals surface area contributed by atoms with Gasteiger partial charge >= 0.3 is 0 Å². The molecule has 0 aliphatic carbocycles. The van der Waals surface area contributed by atoms with Crippen LogP contribution in [0.1, 0.15) is 10.4 Å². The molecule has 0 aromatic heterocycles. The maximum absolute atomic E-state index is 12.7. The van der Waals surface area contributed by atoms with Crippen molar-refractivity contribution in [3.8, 4) is 44.5 Å². The van der Waals surface area contributed by atoms with E-state index < -0.39 is 5.78 Å². The minimum absolute atomic E-state index is 0.393. The zero-order valence-corrected chi connectivity index (χ0v) is 18.5. The Kier molecular flexibility index (Phi) is 5.96. The topological polar surface area (TPSA) is 34.1 Å². The maximum Gasteiger partial charge on any atom is 0.226 e. The van der Waals surface area contributed by atoms with Crippen LogP contribution in [0.15, 0.2) is 127 Å². The minimum Gasteiger partial charge on any atom is -0.294 e. The molecule has 0 atom stereocenters. The Balaban J connectivity index is 1.69. The van der Waals surface area contributed by atoms with Crippen molar-refractivity contribution in [2.45, 2.75) is 0 Å². The number of carbonyl (C=O) groups excluding carboxylic acids is 2. The number of benzene rings is 5. The average molecular weight is 439 g/mol. The van der Waals surface area contributed by atoms with E-state index >= 15 is 0 Å². The van der Waals surface area contributed by atoms with Gasteiger partial charge in [-0.15, -0.1) is 0 Å². The molecular weight excluding hydrogens is 416 g/mol. The standard InChI is InChI=1S/C32H22O2/c33-22-32(34)31-20-26(23-10-4-1-5-11-23)16-18-29(31)27-17-19-28(24-12-6-2-7-13-24)30(21-27)25-14-8-3-9-15-25/h1-22H. The Morgan fingerprint density at radius 1 is 0.441 bits per heavy atom. The van der Waals surface area contributed by atoms with Crippen molar-refractivity contribution < 1.29 is 9.59 Å². The first-order valence-electron chi connectivity index (χ1n) is 11.2. The fraction of sp³-hybridized carbons (Fsp3) is 0. The summed E-state index contributed by atoms with van der Waals surface area (Å²) in [6, 6.07) is 42.3. The lowest BCUT2D eigenvalue weighted by Crippen LogP contribution is -2.03. The highest BCUT2D eigenvalue weighted by molar-refractivity contribution is 6.35. The second kappa shape index (κ2) is 9.51. The number of rotatable bonds is 6. The van der Waals surface area contributed by atoms with Crippen molar-refractivity contribution in [2.75, 3.05) is 0 Å². The molecule has 0 aliphatic rings. The summed E-state index contributed by atoms with van der Waals surface area (Å²) in [5.74, 6) is -0.527. The normalized spacial score (nSPS) is 10.6. The van der Waals surface area contributed by atoms with Crippen LogP contribution in [0.25, 0.3) is 44.5 Å². The van der Waals surface area contributed by atoms with Crippen molar-refractivity contribution >= 4 is 12.1 Å². The first-order chi connectivity index (χ1) is 16.7. The fourth-order valence-corrected chi connectivity index (χ4v) is 4.31. The average Bonchev–Trinajstić information content (AvgIpc) is 2.93. The van der Waals surface area contributed by atoms with Gasteiger partial charge in [-0.25, -0.2) is 0 Å². The fourth-order valence-electron chi connectivity index (χ4n) is 4.31. The van der Waals surface area contributed by atoms with E-state index in [1.807, 2.05) is 91.0 Å². The Bertz CT molecular complexity index is 1450. The van der Waals surface area contributed by atoms with E-state index in [0.29, 0.717) is 11.8 Å². The molecule has 0 unspecified atom stereocenters. The molecule has 0 saturated heterocycles. The quantitative estimate of drug-likeness (QED) is 0.154. The van der Waals surface area contributed by atoms with Gasteiger partial charge in [-0.3, -0.25) is 9.59 Å². The summed E-state index contributed by atoms with van der Waals surface area (Å²) in [6.45, 7) is 0. The highest BCUT2D eigenvalue weighted by Crippen LogP contribution is 2.37. The number of carbonyl (C=O) groups is 2. The molecule has 0 radical (unpaired) electrons. The lowest BCUT2D eigenvalue weighted by Gasteiger charge is -2.15. The Morgan fingerprint density at radius 3 is 1.53 bits per heavy atom. The van der Waals surface area contributed by atoms with Crippen molar-refractivity contribution in [3.63, 3.8) is 0 Å². The van der Waals surface area contributed by atoms with Gasteiger partial charge in [0.1, 0.15) is 0 Å². The molecule has 0 spiro atoms. The number of hydrogen-bond acceptors (Lipinski definition) is 2. The molecule has 34 heavy (non-hydrogen) atoms. The van der Waals surface area contributed by atoms with Gasteiger partial charge in [-0.2, -0.15) is 0 Å². The molecular formula is C32H22O2. The molecule has 5 aromatic rings. The van der Waals surface area contributed by atoms with Crippen molar-refractivity contribution in [3.05, 3.63) is 133 Å². The molecule has 2 heteroatoms. The van der Waals surface area contributed by atoms with Crippen molar-refractivity contribution in [2.24, 2.45) is 0 Å². The van der Waals surface area contributed by atoms with Crippen LogP contribution in [-0.4, -0.2) is 12.1 Å². The Morgan fingerprint density at radius 2 is 0.941 bits per heavy atom. The smallest absolute Gasteiger partial charge is 0.226 e. The van der Waals surface area contributed by atoms with Crippen LogP contribution in [0.5, 0.6) is 0 Å². The molecule has 5 aromatic carbocycles. The van der Waals surface area contributed by atoms with E-state index in [1.165, 1.54) is 0 Å². The van der Waals surface area contributed by atoms with Crippen LogP contribution in [0.4, 0.5) is 0 Å². The van der Waals surface area contributed by atoms with E-state index in [0.717, 1.165) is 44.5 Å². The van der Waals surface area contributed by atoms with Gasteiger partial charge in [0.2, 0.25) is 5.78 Å². The van der Waals surface area contributed by atoms with Gasteiger partial charge in [0, 0.05) is 5.56 Å². The second-order valence-electron chi connectivity index (χ2n) is 8.10. The zero-order chi connectivity index (χ0) is 23.3. The Labute approximate surface area is 199 Å². The summed E-state index contributed by atoms with van der Waals surface area (Å²) in [5, 5.41) is 0. The van der Waals surface area contributed by atoms with Crippen LogP contribution in [0, 0.1) is 0 Å². The van der Waals surface area contributed by atoms with E-state index in [9.17, 15) is 9.59 Å². The number of aldehydes is 1. The third kappa shape index (κ3) is 4.22. The van der Waals surface area contributed by atoms with Crippen LogP contribution in [-0.2, 0) is 4.79 Å². The van der Waals surface area contributed by atoms with Gasteiger partial charge in [-0.05, 0) is 56.6 Å². The van der Waals surface area contributed by atoms with Gasteiger partial charge in [0.05, 0.1) is 0 Å². The molecule has 0 heterocycles. The summed E-state index contributed by atoms with van der Waals surface area (Å²) in [7, 11) is 0. The van der Waals surface area contributed by atoms with E-state index in [4.69, 9.17) is 0 Å². The predicted octanol–water partition coefficient (Wildman–Crippen LogP) is 7.74.